The summed E-state index contributed by atoms with van der Waals surface area (Å²) < 4.78 is 34.4. The molecule has 7 heteroatoms. The maximum Gasteiger partial charge on any atom is 0.586 e. The number of hydrogen-bond acceptors (Lipinski definition) is 4. The van der Waals surface area contributed by atoms with Crippen LogP contribution in [0.3, 0.4) is 0 Å². The third-order valence-electron chi connectivity index (χ3n) is 3.57. The minimum absolute atomic E-state index is 0.0341. The van der Waals surface area contributed by atoms with E-state index in [1.54, 1.807) is 0 Å². The van der Waals surface area contributed by atoms with Crippen molar-refractivity contribution in [2.24, 2.45) is 0 Å². The van der Waals surface area contributed by atoms with Crippen LogP contribution in [0.1, 0.15) is 25.7 Å². The van der Waals surface area contributed by atoms with Gasteiger partial charge in [0.2, 0.25) is 5.91 Å². The standard InChI is InChI=1S/C14H16F2N2O3/c15-14(16)20-11-5-3-10(8-12(11)21-14)18-13(19)6-4-9-2-1-7-17-9/h3,5,8-9,17H,1-2,4,6-7H2,(H,18,19). The van der Waals surface area contributed by atoms with E-state index < -0.39 is 6.29 Å². The van der Waals surface area contributed by atoms with E-state index >= 15 is 0 Å². The van der Waals surface area contributed by atoms with E-state index in [9.17, 15) is 13.6 Å². The molecule has 0 saturated carbocycles. The average Bonchev–Trinajstić information content (AvgIpc) is 3.01. The largest absolute Gasteiger partial charge is 0.586 e. The van der Waals surface area contributed by atoms with Crippen molar-refractivity contribution in [1.29, 1.82) is 0 Å². The molecular weight excluding hydrogens is 282 g/mol. The van der Waals surface area contributed by atoms with Crippen LogP contribution in [-0.4, -0.2) is 24.8 Å². The average molecular weight is 298 g/mol. The molecule has 1 aromatic rings. The lowest BCUT2D eigenvalue weighted by Crippen LogP contribution is -2.25. The second-order valence-electron chi connectivity index (χ2n) is 5.21. The maximum absolute atomic E-state index is 12.9. The zero-order valence-electron chi connectivity index (χ0n) is 11.3. The first-order valence-electron chi connectivity index (χ1n) is 6.95. The zero-order chi connectivity index (χ0) is 14.9. The molecule has 1 atom stereocenters. The number of carbonyl (C=O) groups is 1. The van der Waals surface area contributed by atoms with Gasteiger partial charge in [-0.25, -0.2) is 0 Å². The summed E-state index contributed by atoms with van der Waals surface area (Å²) in [4.78, 5) is 11.8. The third kappa shape index (κ3) is 3.41. The Kier molecular flexibility index (Phi) is 3.67. The normalized spacial score (nSPS) is 22.3. The number of halogens is 2. The molecule has 3 rings (SSSR count). The Morgan fingerprint density at radius 1 is 1.38 bits per heavy atom. The highest BCUT2D eigenvalue weighted by atomic mass is 19.3. The van der Waals surface area contributed by atoms with Crippen molar-refractivity contribution in [1.82, 2.24) is 5.32 Å². The van der Waals surface area contributed by atoms with Crippen LogP contribution in [0, 0.1) is 0 Å². The molecule has 2 aliphatic rings. The minimum atomic E-state index is -3.64. The molecule has 5 nitrogen and oxygen atoms in total. The molecule has 0 bridgehead atoms. The van der Waals surface area contributed by atoms with Gasteiger partial charge in [-0.2, -0.15) is 0 Å². The molecule has 0 aromatic heterocycles. The number of carbonyl (C=O) groups excluding carboxylic acids is 1. The summed E-state index contributed by atoms with van der Waals surface area (Å²) in [6.45, 7) is 1.00. The number of benzene rings is 1. The van der Waals surface area contributed by atoms with Gasteiger partial charge in [0, 0.05) is 24.2 Å². The van der Waals surface area contributed by atoms with Gasteiger partial charge in [-0.1, -0.05) is 0 Å². The predicted octanol–water partition coefficient (Wildman–Crippen LogP) is 2.48. The topological polar surface area (TPSA) is 59.6 Å². The molecule has 0 spiro atoms. The van der Waals surface area contributed by atoms with Crippen LogP contribution in [0.5, 0.6) is 11.5 Å². The minimum Gasteiger partial charge on any atom is -0.395 e. The van der Waals surface area contributed by atoms with E-state index in [1.165, 1.54) is 18.2 Å². The Morgan fingerprint density at radius 3 is 2.95 bits per heavy atom. The second-order valence-corrected chi connectivity index (χ2v) is 5.21. The Labute approximate surface area is 120 Å². The molecule has 114 valence electrons. The zero-order valence-corrected chi connectivity index (χ0v) is 11.3. The predicted molar refractivity (Wildman–Crippen MR) is 71.5 cm³/mol. The summed E-state index contributed by atoms with van der Waals surface area (Å²) in [5, 5.41) is 5.99. The number of ether oxygens (including phenoxy) is 2. The van der Waals surface area contributed by atoms with E-state index in [2.05, 4.69) is 20.1 Å². The summed E-state index contributed by atoms with van der Waals surface area (Å²) in [6, 6.07) is 4.59. The number of rotatable bonds is 4. The summed E-state index contributed by atoms with van der Waals surface area (Å²) in [6.07, 6.45) is -0.245. The lowest BCUT2D eigenvalue weighted by atomic mass is 10.1. The van der Waals surface area contributed by atoms with Gasteiger partial charge >= 0.3 is 6.29 Å². The van der Waals surface area contributed by atoms with Crippen LogP contribution in [0.4, 0.5) is 14.5 Å². The molecular formula is C14H16F2N2O3. The highest BCUT2D eigenvalue weighted by Crippen LogP contribution is 2.42. The van der Waals surface area contributed by atoms with Crippen molar-refractivity contribution in [2.45, 2.75) is 38.0 Å². The fourth-order valence-corrected chi connectivity index (χ4v) is 2.56. The van der Waals surface area contributed by atoms with Gasteiger partial charge in [0.05, 0.1) is 0 Å². The van der Waals surface area contributed by atoms with Crippen molar-refractivity contribution >= 4 is 11.6 Å². The van der Waals surface area contributed by atoms with E-state index in [0.29, 0.717) is 18.2 Å². The first kappa shape index (κ1) is 14.1. The molecule has 1 fully saturated rings. The monoisotopic (exact) mass is 298 g/mol. The smallest absolute Gasteiger partial charge is 0.395 e. The first-order chi connectivity index (χ1) is 10.0. The summed E-state index contributed by atoms with van der Waals surface area (Å²) >= 11 is 0. The van der Waals surface area contributed by atoms with Crippen molar-refractivity contribution in [3.8, 4) is 11.5 Å². The second kappa shape index (κ2) is 5.48. The van der Waals surface area contributed by atoms with Crippen molar-refractivity contribution in [2.75, 3.05) is 11.9 Å². The Balaban J connectivity index is 1.54. The number of amides is 1. The van der Waals surface area contributed by atoms with Gasteiger partial charge < -0.3 is 20.1 Å². The molecule has 2 heterocycles. The van der Waals surface area contributed by atoms with Gasteiger partial charge in [-0.15, -0.1) is 8.78 Å². The Hall–Kier alpha value is -1.89. The fourth-order valence-electron chi connectivity index (χ4n) is 2.56. The van der Waals surface area contributed by atoms with Crippen LogP contribution in [0.2, 0.25) is 0 Å². The van der Waals surface area contributed by atoms with E-state index in [-0.39, 0.29) is 17.4 Å². The lowest BCUT2D eigenvalue weighted by molar-refractivity contribution is -0.286. The van der Waals surface area contributed by atoms with Gasteiger partial charge in [0.15, 0.2) is 11.5 Å². The molecule has 1 aromatic carbocycles. The van der Waals surface area contributed by atoms with Crippen molar-refractivity contribution < 1.29 is 23.0 Å². The van der Waals surface area contributed by atoms with Gasteiger partial charge in [0.25, 0.3) is 0 Å². The maximum atomic E-state index is 12.9. The highest BCUT2D eigenvalue weighted by Gasteiger charge is 2.43. The van der Waals surface area contributed by atoms with Crippen LogP contribution in [0.15, 0.2) is 18.2 Å². The van der Waals surface area contributed by atoms with Crippen LogP contribution in [-0.2, 0) is 4.79 Å². The van der Waals surface area contributed by atoms with Gasteiger partial charge in [0.1, 0.15) is 0 Å². The number of nitrogens with one attached hydrogen (secondary N) is 2. The van der Waals surface area contributed by atoms with E-state index in [1.807, 2.05) is 0 Å². The van der Waals surface area contributed by atoms with Crippen molar-refractivity contribution in [3.63, 3.8) is 0 Å². The fraction of sp³-hybridized carbons (Fsp3) is 0.500. The molecule has 0 radical (unpaired) electrons. The Bertz CT molecular complexity index is 545. The number of alkyl halides is 2. The summed E-state index contributed by atoms with van der Waals surface area (Å²) in [5.41, 5.74) is 0.416. The first-order valence-corrected chi connectivity index (χ1v) is 6.95. The molecule has 1 amide bonds. The molecule has 1 saturated heterocycles. The molecule has 0 aliphatic carbocycles. The van der Waals surface area contributed by atoms with Crippen LogP contribution >= 0.6 is 0 Å². The number of fused-ring (bicyclic) bond motifs is 1. The quantitative estimate of drug-likeness (QED) is 0.896. The molecule has 2 aliphatic heterocycles. The van der Waals surface area contributed by atoms with Crippen LogP contribution in [0.25, 0.3) is 0 Å². The highest BCUT2D eigenvalue weighted by molar-refractivity contribution is 5.91. The van der Waals surface area contributed by atoms with E-state index in [0.717, 1.165) is 25.8 Å². The summed E-state index contributed by atoms with van der Waals surface area (Å²) in [7, 11) is 0. The molecule has 2 N–H and O–H groups in total. The summed E-state index contributed by atoms with van der Waals surface area (Å²) in [5.74, 6) is -0.252. The number of anilines is 1. The van der Waals surface area contributed by atoms with E-state index in [4.69, 9.17) is 0 Å². The molecule has 21 heavy (non-hydrogen) atoms. The van der Waals surface area contributed by atoms with Crippen molar-refractivity contribution in [3.05, 3.63) is 18.2 Å². The van der Waals surface area contributed by atoms with Crippen LogP contribution < -0.4 is 20.1 Å². The lowest BCUT2D eigenvalue weighted by Gasteiger charge is -2.10. The van der Waals surface area contributed by atoms with Gasteiger partial charge in [-0.05, 0) is 37.9 Å². The number of hydrogen-bond donors (Lipinski definition) is 2. The molecule has 1 unspecified atom stereocenters. The Morgan fingerprint density at radius 2 is 2.19 bits per heavy atom. The van der Waals surface area contributed by atoms with Gasteiger partial charge in [-0.3, -0.25) is 4.79 Å². The third-order valence-corrected chi connectivity index (χ3v) is 3.57. The SMILES string of the molecule is O=C(CCC1CCCN1)Nc1ccc2c(c1)OC(F)(F)O2.